The number of benzene rings is 1. The molecule has 1 N–H and O–H groups in total. The number of pyridine rings is 1. The van der Waals surface area contributed by atoms with E-state index in [1.165, 1.54) is 25.4 Å². The van der Waals surface area contributed by atoms with Crippen LogP contribution in [0.3, 0.4) is 0 Å². The van der Waals surface area contributed by atoms with Crippen LogP contribution in [0.25, 0.3) is 0 Å². The Balaban J connectivity index is 2.23. The summed E-state index contributed by atoms with van der Waals surface area (Å²) in [4.78, 5) is 25.7. The number of aromatic nitrogens is 1. The Labute approximate surface area is 138 Å². The third-order valence-corrected chi connectivity index (χ3v) is 3.57. The van der Waals surface area contributed by atoms with Crippen LogP contribution in [0.4, 0.5) is 15.9 Å². The van der Waals surface area contributed by atoms with Gasteiger partial charge < -0.3 is 10.1 Å². The highest BCUT2D eigenvalue weighted by molar-refractivity contribution is 9.10. The van der Waals surface area contributed by atoms with Gasteiger partial charge in [0.15, 0.2) is 0 Å². The van der Waals surface area contributed by atoms with Crippen LogP contribution >= 0.6 is 15.9 Å². The predicted octanol–water partition coefficient (Wildman–Crippen LogP) is 3.29. The fraction of sp³-hybridized carbons (Fsp3) is 0.143. The molecule has 0 aliphatic rings. The van der Waals surface area contributed by atoms with E-state index in [2.05, 4.69) is 31.0 Å². The van der Waals surface area contributed by atoms with Gasteiger partial charge >= 0.3 is 11.7 Å². The second-order valence-corrected chi connectivity index (χ2v) is 5.30. The summed E-state index contributed by atoms with van der Waals surface area (Å²) >= 11 is 3.04. The number of carbonyl (C=O) groups excluding carboxylic acids is 1. The largest absolute Gasteiger partial charge is 0.465 e. The van der Waals surface area contributed by atoms with Gasteiger partial charge in [0, 0.05) is 18.8 Å². The number of rotatable bonds is 5. The van der Waals surface area contributed by atoms with E-state index in [9.17, 15) is 19.3 Å². The Kier molecular flexibility index (Phi) is 5.22. The first-order valence-electron chi connectivity index (χ1n) is 6.33. The number of esters is 1. The fourth-order valence-electron chi connectivity index (χ4n) is 1.79. The monoisotopic (exact) mass is 383 g/mol. The second kappa shape index (κ2) is 7.14. The molecule has 0 aliphatic carbocycles. The van der Waals surface area contributed by atoms with Gasteiger partial charge in [-0.3, -0.25) is 10.1 Å². The molecule has 1 aromatic heterocycles. The van der Waals surface area contributed by atoms with Gasteiger partial charge in [-0.1, -0.05) is 6.07 Å². The Morgan fingerprint density at radius 2 is 2.22 bits per heavy atom. The van der Waals surface area contributed by atoms with Crippen LogP contribution in [0.15, 0.2) is 34.9 Å². The predicted molar refractivity (Wildman–Crippen MR) is 83.7 cm³/mol. The van der Waals surface area contributed by atoms with Gasteiger partial charge in [0.2, 0.25) is 5.82 Å². The van der Waals surface area contributed by atoms with Crippen LogP contribution in [-0.4, -0.2) is 23.0 Å². The zero-order chi connectivity index (χ0) is 17.0. The number of carbonyl (C=O) groups is 1. The first-order chi connectivity index (χ1) is 10.9. The van der Waals surface area contributed by atoms with E-state index < -0.39 is 16.7 Å². The number of nitro groups is 1. The van der Waals surface area contributed by atoms with Crippen LogP contribution in [0.5, 0.6) is 0 Å². The number of hydrogen-bond acceptors (Lipinski definition) is 6. The van der Waals surface area contributed by atoms with Crippen LogP contribution < -0.4 is 5.32 Å². The van der Waals surface area contributed by atoms with E-state index in [0.717, 1.165) is 6.07 Å². The van der Waals surface area contributed by atoms with Crippen LogP contribution in [0.1, 0.15) is 15.9 Å². The lowest BCUT2D eigenvalue weighted by molar-refractivity contribution is -0.384. The molecule has 0 amide bonds. The van der Waals surface area contributed by atoms with Crippen molar-refractivity contribution in [2.75, 3.05) is 12.4 Å². The second-order valence-electron chi connectivity index (χ2n) is 4.44. The first kappa shape index (κ1) is 16.8. The molecule has 0 saturated heterocycles. The molecule has 0 saturated carbocycles. The number of nitrogens with one attached hydrogen (secondary N) is 1. The van der Waals surface area contributed by atoms with Crippen molar-refractivity contribution >= 4 is 33.4 Å². The molecule has 0 unspecified atom stereocenters. The molecule has 0 fully saturated rings. The summed E-state index contributed by atoms with van der Waals surface area (Å²) in [5, 5.41) is 13.9. The molecule has 9 heteroatoms. The summed E-state index contributed by atoms with van der Waals surface area (Å²) < 4.78 is 18.3. The van der Waals surface area contributed by atoms with Gasteiger partial charge in [0.05, 0.1) is 22.1 Å². The zero-order valence-corrected chi connectivity index (χ0v) is 13.5. The van der Waals surface area contributed by atoms with E-state index in [1.54, 1.807) is 6.07 Å². The summed E-state index contributed by atoms with van der Waals surface area (Å²) in [6, 6.07) is 5.57. The summed E-state index contributed by atoms with van der Waals surface area (Å²) in [7, 11) is 1.17. The maximum atomic E-state index is 13.4. The summed E-state index contributed by atoms with van der Waals surface area (Å²) in [5.74, 6) is -1.18. The summed E-state index contributed by atoms with van der Waals surface area (Å²) in [6.07, 6.45) is 1.17. The van der Waals surface area contributed by atoms with Gasteiger partial charge in [-0.15, -0.1) is 0 Å². The molecule has 2 aromatic rings. The third kappa shape index (κ3) is 4.01. The molecule has 0 aliphatic heterocycles. The molecule has 7 nitrogen and oxygen atoms in total. The third-order valence-electron chi connectivity index (χ3n) is 2.93. The summed E-state index contributed by atoms with van der Waals surface area (Å²) in [6.45, 7) is 0.135. The van der Waals surface area contributed by atoms with Gasteiger partial charge in [0.25, 0.3) is 0 Å². The lowest BCUT2D eigenvalue weighted by Gasteiger charge is -2.08. The van der Waals surface area contributed by atoms with E-state index in [1.807, 2.05) is 0 Å². The smallest absolute Gasteiger partial charge is 0.339 e. The highest BCUT2D eigenvalue weighted by Gasteiger charge is 2.19. The SMILES string of the molecule is COC(=O)c1cnc(NCc2ccc(Br)c(F)c2)c([N+](=O)[O-])c1. The number of anilines is 1. The molecule has 2 rings (SSSR count). The van der Waals surface area contributed by atoms with Gasteiger partial charge in [-0.2, -0.15) is 0 Å². The van der Waals surface area contributed by atoms with E-state index in [0.29, 0.717) is 10.0 Å². The number of methoxy groups -OCH3 is 1. The first-order valence-corrected chi connectivity index (χ1v) is 7.12. The molecule has 1 heterocycles. The molecule has 1 aromatic carbocycles. The molecule has 0 atom stereocenters. The number of ether oxygens (including phenoxy) is 1. The van der Waals surface area contributed by atoms with Crippen molar-refractivity contribution in [2.45, 2.75) is 6.54 Å². The molecular weight excluding hydrogens is 373 g/mol. The zero-order valence-electron chi connectivity index (χ0n) is 11.9. The van der Waals surface area contributed by atoms with E-state index >= 15 is 0 Å². The standard InChI is InChI=1S/C14H11BrFN3O4/c1-23-14(20)9-5-12(19(21)22)13(18-7-9)17-6-8-2-3-10(15)11(16)4-8/h2-5,7H,6H2,1H3,(H,17,18). The molecule has 23 heavy (non-hydrogen) atoms. The van der Waals surface area contributed by atoms with E-state index in [-0.39, 0.29) is 23.6 Å². The Hall–Kier alpha value is -2.55. The topological polar surface area (TPSA) is 94.4 Å². The minimum atomic E-state index is -0.720. The normalized spacial score (nSPS) is 10.2. The minimum absolute atomic E-state index is 0.0222. The van der Waals surface area contributed by atoms with Crippen LogP contribution in [0.2, 0.25) is 0 Å². The molecule has 120 valence electrons. The maximum Gasteiger partial charge on any atom is 0.339 e. The van der Waals surface area contributed by atoms with Crippen molar-refractivity contribution in [2.24, 2.45) is 0 Å². The molecule has 0 radical (unpaired) electrons. The molecule has 0 spiro atoms. The Morgan fingerprint density at radius 3 is 2.83 bits per heavy atom. The molecule has 0 bridgehead atoms. The van der Waals surface area contributed by atoms with Gasteiger partial charge in [-0.25, -0.2) is 14.2 Å². The van der Waals surface area contributed by atoms with Crippen LogP contribution in [-0.2, 0) is 11.3 Å². The van der Waals surface area contributed by atoms with Crippen molar-refractivity contribution < 1.29 is 18.8 Å². The summed E-state index contributed by atoms with van der Waals surface area (Å²) in [5.41, 5.74) is 0.184. The Bertz CT molecular complexity index is 770. The minimum Gasteiger partial charge on any atom is -0.465 e. The fourth-order valence-corrected chi connectivity index (χ4v) is 2.04. The highest BCUT2D eigenvalue weighted by atomic mass is 79.9. The highest BCUT2D eigenvalue weighted by Crippen LogP contribution is 2.24. The quantitative estimate of drug-likeness (QED) is 0.483. The van der Waals surface area contributed by atoms with Crippen molar-refractivity contribution in [3.05, 3.63) is 62.0 Å². The lowest BCUT2D eigenvalue weighted by Crippen LogP contribution is -2.08. The average Bonchev–Trinajstić information content (AvgIpc) is 2.55. The van der Waals surface area contributed by atoms with Crippen molar-refractivity contribution in [3.8, 4) is 0 Å². The van der Waals surface area contributed by atoms with Crippen molar-refractivity contribution in [3.63, 3.8) is 0 Å². The number of halogens is 2. The number of nitrogens with zero attached hydrogens (tertiary/aromatic N) is 2. The van der Waals surface area contributed by atoms with E-state index in [4.69, 9.17) is 0 Å². The van der Waals surface area contributed by atoms with Gasteiger partial charge in [0.1, 0.15) is 5.82 Å². The van der Waals surface area contributed by atoms with Crippen molar-refractivity contribution in [1.82, 2.24) is 4.98 Å². The average molecular weight is 384 g/mol. The van der Waals surface area contributed by atoms with Crippen molar-refractivity contribution in [1.29, 1.82) is 0 Å². The Morgan fingerprint density at radius 1 is 1.48 bits per heavy atom. The number of hydrogen-bond donors (Lipinski definition) is 1. The lowest BCUT2D eigenvalue weighted by atomic mass is 10.2. The maximum absolute atomic E-state index is 13.4. The van der Waals surface area contributed by atoms with Gasteiger partial charge in [-0.05, 0) is 33.6 Å². The van der Waals surface area contributed by atoms with Crippen LogP contribution in [0, 0.1) is 15.9 Å². The molecular formula is C14H11BrFN3O4.